The number of phenols is 1. The van der Waals surface area contributed by atoms with E-state index in [1.807, 2.05) is 19.9 Å². The molecular formula is C18H18Cl2FNO3. The first-order valence-electron chi connectivity index (χ1n) is 7.64. The Morgan fingerprint density at radius 3 is 2.56 bits per heavy atom. The molecule has 0 spiro atoms. The number of hydrogen-bond donors (Lipinski definition) is 3. The molecule has 0 amide bonds. The van der Waals surface area contributed by atoms with Crippen LogP contribution in [0.15, 0.2) is 24.3 Å². The maximum atomic E-state index is 14.4. The molecule has 0 saturated carbocycles. The van der Waals surface area contributed by atoms with Gasteiger partial charge < -0.3 is 15.5 Å². The lowest BCUT2D eigenvalue weighted by Crippen LogP contribution is -2.13. The molecule has 0 aromatic heterocycles. The van der Waals surface area contributed by atoms with Gasteiger partial charge in [-0.05, 0) is 34.7 Å². The highest BCUT2D eigenvalue weighted by molar-refractivity contribution is 6.36. The highest BCUT2D eigenvalue weighted by atomic mass is 35.5. The molecule has 134 valence electrons. The van der Waals surface area contributed by atoms with Crippen molar-refractivity contribution >= 4 is 34.9 Å². The van der Waals surface area contributed by atoms with Gasteiger partial charge in [0, 0.05) is 11.4 Å². The molecule has 0 saturated heterocycles. The van der Waals surface area contributed by atoms with Crippen LogP contribution in [0.3, 0.4) is 0 Å². The topological polar surface area (TPSA) is 69.6 Å². The highest BCUT2D eigenvalue weighted by Crippen LogP contribution is 2.35. The van der Waals surface area contributed by atoms with Crippen LogP contribution in [-0.4, -0.2) is 22.7 Å². The Kier molecular flexibility index (Phi) is 6.14. The van der Waals surface area contributed by atoms with E-state index in [1.54, 1.807) is 12.1 Å². The first kappa shape index (κ1) is 19.3. The molecule has 0 aliphatic heterocycles. The molecule has 25 heavy (non-hydrogen) atoms. The number of halogens is 3. The lowest BCUT2D eigenvalue weighted by molar-refractivity contribution is -0.134. The van der Waals surface area contributed by atoms with Crippen molar-refractivity contribution in [3.63, 3.8) is 0 Å². The Labute approximate surface area is 155 Å². The fourth-order valence-corrected chi connectivity index (χ4v) is 3.06. The zero-order valence-electron chi connectivity index (χ0n) is 13.7. The van der Waals surface area contributed by atoms with Gasteiger partial charge in [0.15, 0.2) is 5.82 Å². The molecule has 0 bridgehead atoms. The van der Waals surface area contributed by atoms with E-state index in [-0.39, 0.29) is 33.8 Å². The summed E-state index contributed by atoms with van der Waals surface area (Å²) in [5, 5.41) is 21.1. The fraction of sp³-hybridized carbons (Fsp3) is 0.278. The van der Waals surface area contributed by atoms with Gasteiger partial charge in [0.2, 0.25) is 0 Å². The van der Waals surface area contributed by atoms with Gasteiger partial charge in [0.05, 0.1) is 10.7 Å². The number of benzene rings is 2. The Bertz CT molecular complexity index is 809. The molecule has 4 nitrogen and oxygen atoms in total. The lowest BCUT2D eigenvalue weighted by atomic mass is 9.96. The lowest BCUT2D eigenvalue weighted by Gasteiger charge is -2.14. The number of carboxylic acid groups (broad SMARTS) is 1. The van der Waals surface area contributed by atoms with Crippen molar-refractivity contribution < 1.29 is 19.4 Å². The van der Waals surface area contributed by atoms with Gasteiger partial charge in [-0.2, -0.15) is 0 Å². The Balaban J connectivity index is 2.36. The first-order chi connectivity index (χ1) is 11.7. The van der Waals surface area contributed by atoms with Crippen molar-refractivity contribution in [3.8, 4) is 5.75 Å². The molecule has 7 heteroatoms. The van der Waals surface area contributed by atoms with Crippen LogP contribution in [0.25, 0.3) is 0 Å². The third-order valence-corrected chi connectivity index (χ3v) is 4.51. The SMILES string of the molecule is CC(C)c1cc(Cc2c(Cl)cc(NCC(=O)O)c(F)c2Cl)ccc1O. The van der Waals surface area contributed by atoms with Crippen LogP contribution >= 0.6 is 23.2 Å². The van der Waals surface area contributed by atoms with Crippen LogP contribution in [0.4, 0.5) is 10.1 Å². The van der Waals surface area contributed by atoms with Crippen molar-refractivity contribution in [3.05, 3.63) is 56.8 Å². The number of carboxylic acids is 1. The van der Waals surface area contributed by atoms with Crippen LogP contribution in [0.1, 0.15) is 36.5 Å². The normalized spacial score (nSPS) is 11.0. The molecule has 2 aromatic rings. The standard InChI is InChI=1S/C18H18Cl2FNO3/c1-9(2)11-5-10(3-4-15(11)23)6-12-13(19)7-14(18(21)17(12)20)22-8-16(24)25/h3-5,7,9,22-23H,6,8H2,1-2H3,(H,24,25). The summed E-state index contributed by atoms with van der Waals surface area (Å²) in [4.78, 5) is 10.6. The summed E-state index contributed by atoms with van der Waals surface area (Å²) in [6, 6.07) is 6.47. The second-order valence-electron chi connectivity index (χ2n) is 5.98. The molecule has 0 aliphatic rings. The zero-order valence-corrected chi connectivity index (χ0v) is 15.2. The van der Waals surface area contributed by atoms with Gasteiger partial charge in [0.1, 0.15) is 12.3 Å². The molecule has 0 radical (unpaired) electrons. The van der Waals surface area contributed by atoms with Gasteiger partial charge >= 0.3 is 5.97 Å². The molecular weight excluding hydrogens is 368 g/mol. The van der Waals surface area contributed by atoms with E-state index in [9.17, 15) is 14.3 Å². The largest absolute Gasteiger partial charge is 0.508 e. The van der Waals surface area contributed by atoms with E-state index < -0.39 is 18.3 Å². The second-order valence-corrected chi connectivity index (χ2v) is 6.77. The summed E-state index contributed by atoms with van der Waals surface area (Å²) in [5.74, 6) is -1.54. The van der Waals surface area contributed by atoms with Gasteiger partial charge in [-0.1, -0.05) is 49.2 Å². The predicted octanol–water partition coefficient (Wildman–Crippen LogP) is 5.05. The van der Waals surface area contributed by atoms with Crippen LogP contribution in [0.2, 0.25) is 10.0 Å². The van der Waals surface area contributed by atoms with E-state index in [1.165, 1.54) is 6.07 Å². The van der Waals surface area contributed by atoms with Gasteiger partial charge in [0.25, 0.3) is 0 Å². The number of hydrogen-bond acceptors (Lipinski definition) is 3. The molecule has 2 aromatic carbocycles. The summed E-state index contributed by atoms with van der Waals surface area (Å²) in [6.45, 7) is 3.47. The van der Waals surface area contributed by atoms with E-state index >= 15 is 0 Å². The summed E-state index contributed by atoms with van der Waals surface area (Å²) in [6.07, 6.45) is 0.286. The average Bonchev–Trinajstić information content (AvgIpc) is 2.54. The van der Waals surface area contributed by atoms with Gasteiger partial charge in [-0.25, -0.2) is 4.39 Å². The number of anilines is 1. The minimum Gasteiger partial charge on any atom is -0.508 e. The minimum atomic E-state index is -1.12. The number of aromatic hydroxyl groups is 1. The summed E-state index contributed by atoms with van der Waals surface area (Å²) >= 11 is 12.3. The maximum absolute atomic E-state index is 14.4. The van der Waals surface area contributed by atoms with Crippen LogP contribution in [0, 0.1) is 5.82 Å². The molecule has 2 rings (SSSR count). The van der Waals surface area contributed by atoms with Crippen molar-refractivity contribution in [2.75, 3.05) is 11.9 Å². The third-order valence-electron chi connectivity index (χ3n) is 3.78. The van der Waals surface area contributed by atoms with Crippen LogP contribution in [0.5, 0.6) is 5.75 Å². The van der Waals surface area contributed by atoms with Gasteiger partial charge in [-0.3, -0.25) is 4.79 Å². The van der Waals surface area contributed by atoms with Gasteiger partial charge in [-0.15, -0.1) is 0 Å². The summed E-state index contributed by atoms with van der Waals surface area (Å²) < 4.78 is 14.4. The number of rotatable bonds is 6. The molecule has 0 heterocycles. The minimum absolute atomic E-state index is 0.0604. The highest BCUT2D eigenvalue weighted by Gasteiger charge is 2.18. The smallest absolute Gasteiger partial charge is 0.322 e. The van der Waals surface area contributed by atoms with E-state index in [4.69, 9.17) is 28.3 Å². The fourth-order valence-electron chi connectivity index (χ4n) is 2.47. The summed E-state index contributed by atoms with van der Waals surface area (Å²) in [5.41, 5.74) is 1.96. The molecule has 0 fully saturated rings. The Hall–Kier alpha value is -1.98. The Morgan fingerprint density at radius 1 is 1.28 bits per heavy atom. The second kappa shape index (κ2) is 7.93. The number of aliphatic carboxylic acids is 1. The quantitative estimate of drug-likeness (QED) is 0.608. The third kappa shape index (κ3) is 4.55. The number of phenolic OH excluding ortho intramolecular Hbond substituents is 1. The van der Waals surface area contributed by atoms with Crippen LogP contribution in [-0.2, 0) is 11.2 Å². The van der Waals surface area contributed by atoms with Crippen molar-refractivity contribution in [2.45, 2.75) is 26.2 Å². The number of nitrogens with one attached hydrogen (secondary N) is 1. The van der Waals surface area contributed by atoms with Crippen molar-refractivity contribution in [1.29, 1.82) is 0 Å². The molecule has 3 N–H and O–H groups in total. The monoisotopic (exact) mass is 385 g/mol. The number of carbonyl (C=O) groups is 1. The molecule has 0 atom stereocenters. The molecule has 0 aliphatic carbocycles. The summed E-state index contributed by atoms with van der Waals surface area (Å²) in [7, 11) is 0. The average molecular weight is 386 g/mol. The van der Waals surface area contributed by atoms with Crippen LogP contribution < -0.4 is 5.32 Å². The zero-order chi connectivity index (χ0) is 18.7. The predicted molar refractivity (Wildman–Crippen MR) is 97.5 cm³/mol. The molecule has 0 unspecified atom stereocenters. The maximum Gasteiger partial charge on any atom is 0.322 e. The van der Waals surface area contributed by atoms with Crippen molar-refractivity contribution in [2.24, 2.45) is 0 Å². The van der Waals surface area contributed by atoms with Crippen molar-refractivity contribution in [1.82, 2.24) is 0 Å². The van der Waals surface area contributed by atoms with E-state index in [0.29, 0.717) is 5.56 Å². The van der Waals surface area contributed by atoms with E-state index in [0.717, 1.165) is 11.1 Å². The Morgan fingerprint density at radius 2 is 1.96 bits per heavy atom. The van der Waals surface area contributed by atoms with E-state index in [2.05, 4.69) is 5.32 Å². The first-order valence-corrected chi connectivity index (χ1v) is 8.40.